The summed E-state index contributed by atoms with van der Waals surface area (Å²) in [5.41, 5.74) is 4.80. The zero-order valence-corrected chi connectivity index (χ0v) is 10.7. The van der Waals surface area contributed by atoms with Gasteiger partial charge in [-0.25, -0.2) is 0 Å². The van der Waals surface area contributed by atoms with Gasteiger partial charge in [0.15, 0.2) is 5.96 Å². The number of hydrogen-bond donors (Lipinski definition) is 1. The van der Waals surface area contributed by atoms with Gasteiger partial charge in [0, 0.05) is 24.5 Å². The molecule has 6 heteroatoms. The summed E-state index contributed by atoms with van der Waals surface area (Å²) >= 11 is 0. The summed E-state index contributed by atoms with van der Waals surface area (Å²) in [5.74, 6) is 1.01. The molecule has 0 aliphatic carbocycles. The van der Waals surface area contributed by atoms with Crippen LogP contribution in [-0.2, 0) is 6.54 Å². The van der Waals surface area contributed by atoms with Gasteiger partial charge in [0.2, 0.25) is 0 Å². The van der Waals surface area contributed by atoms with E-state index in [-0.39, 0.29) is 0 Å². The molecular weight excluding hydrogens is 240 g/mol. The van der Waals surface area contributed by atoms with E-state index in [1.54, 1.807) is 12.7 Å². The summed E-state index contributed by atoms with van der Waals surface area (Å²) in [6.45, 7) is 4.91. The third-order valence-corrected chi connectivity index (χ3v) is 3.65. The Bertz CT molecular complexity index is 658. The van der Waals surface area contributed by atoms with E-state index in [4.69, 9.17) is 0 Å². The molecule has 96 valence electrons. The first-order chi connectivity index (χ1) is 9.31. The molecule has 3 heterocycles. The fourth-order valence-electron chi connectivity index (χ4n) is 2.70. The van der Waals surface area contributed by atoms with Gasteiger partial charge in [-0.15, -0.1) is 10.2 Å². The maximum atomic E-state index is 4.48. The van der Waals surface area contributed by atoms with Crippen molar-refractivity contribution in [3.8, 4) is 5.69 Å². The lowest BCUT2D eigenvalue weighted by Gasteiger charge is -2.30. The predicted octanol–water partition coefficient (Wildman–Crippen LogP) is 1.17. The lowest BCUT2D eigenvalue weighted by atomic mass is 10.0. The van der Waals surface area contributed by atoms with Crippen molar-refractivity contribution in [3.05, 3.63) is 35.9 Å². The number of guanidine groups is 1. The topological polar surface area (TPSA) is 58.3 Å². The molecule has 6 nitrogen and oxygen atoms in total. The Morgan fingerprint density at radius 2 is 2.05 bits per heavy atom. The predicted molar refractivity (Wildman–Crippen MR) is 72.4 cm³/mol. The van der Waals surface area contributed by atoms with Crippen LogP contribution >= 0.6 is 0 Å². The third kappa shape index (κ3) is 1.60. The molecular formula is C13H14N6. The molecule has 2 aliphatic rings. The molecule has 1 aromatic carbocycles. The van der Waals surface area contributed by atoms with Crippen LogP contribution in [0.15, 0.2) is 29.8 Å². The molecule has 2 aromatic rings. The fourth-order valence-corrected chi connectivity index (χ4v) is 2.70. The van der Waals surface area contributed by atoms with Crippen LogP contribution in [0.5, 0.6) is 0 Å². The van der Waals surface area contributed by atoms with Gasteiger partial charge in [-0.2, -0.15) is 0 Å². The maximum absolute atomic E-state index is 4.48. The van der Waals surface area contributed by atoms with E-state index in [9.17, 15) is 0 Å². The van der Waals surface area contributed by atoms with Crippen molar-refractivity contribution < 1.29 is 0 Å². The van der Waals surface area contributed by atoms with Gasteiger partial charge in [0.25, 0.3) is 0 Å². The standard InChI is InChI=1S/C13H14N6/c1-9-4-11(19-7-15-16-8-19)5-10-6-18-3-2-14-13(18)17-12(9)10/h4-5,7-8H,2-3,6H2,1H3,(H,14,17). The number of rotatable bonds is 1. The number of hydrogen-bond acceptors (Lipinski definition) is 5. The van der Waals surface area contributed by atoms with Crippen LogP contribution in [0.1, 0.15) is 11.1 Å². The Labute approximate surface area is 110 Å². The van der Waals surface area contributed by atoms with Crippen LogP contribution in [0.2, 0.25) is 0 Å². The third-order valence-electron chi connectivity index (χ3n) is 3.65. The van der Waals surface area contributed by atoms with E-state index >= 15 is 0 Å². The van der Waals surface area contributed by atoms with E-state index in [1.165, 1.54) is 16.8 Å². The summed E-state index contributed by atoms with van der Waals surface area (Å²) < 4.78 is 1.93. The Kier molecular flexibility index (Phi) is 2.11. The average molecular weight is 254 g/mol. The van der Waals surface area contributed by atoms with E-state index in [2.05, 4.69) is 44.5 Å². The number of aryl methyl sites for hydroxylation is 1. The number of nitrogens with zero attached hydrogens (tertiary/aromatic N) is 5. The quantitative estimate of drug-likeness (QED) is 0.830. The van der Waals surface area contributed by atoms with Gasteiger partial charge in [-0.3, -0.25) is 9.56 Å². The molecule has 1 N–H and O–H groups in total. The first-order valence-corrected chi connectivity index (χ1v) is 6.36. The summed E-state index contributed by atoms with van der Waals surface area (Å²) in [7, 11) is 0. The zero-order chi connectivity index (χ0) is 12.8. The number of fused-ring (bicyclic) bond motifs is 2. The maximum Gasteiger partial charge on any atom is 0.198 e. The molecule has 19 heavy (non-hydrogen) atoms. The second kappa shape index (κ2) is 3.81. The number of aromatic nitrogens is 3. The number of aliphatic imine (C=N–C) groups is 1. The molecule has 0 radical (unpaired) electrons. The second-order valence-corrected chi connectivity index (χ2v) is 4.92. The Morgan fingerprint density at radius 3 is 2.89 bits per heavy atom. The smallest absolute Gasteiger partial charge is 0.198 e. The van der Waals surface area contributed by atoms with E-state index in [0.29, 0.717) is 0 Å². The molecule has 0 spiro atoms. The highest BCUT2D eigenvalue weighted by Crippen LogP contribution is 2.30. The Morgan fingerprint density at radius 1 is 1.21 bits per heavy atom. The van der Waals surface area contributed by atoms with Crippen LogP contribution in [0.25, 0.3) is 5.69 Å². The first-order valence-electron chi connectivity index (χ1n) is 6.36. The zero-order valence-electron chi connectivity index (χ0n) is 10.7. The fraction of sp³-hybridized carbons (Fsp3) is 0.308. The molecule has 0 bridgehead atoms. The highest BCUT2D eigenvalue weighted by molar-refractivity contribution is 5.98. The largest absolute Gasteiger partial charge is 0.336 e. The molecule has 2 aliphatic heterocycles. The summed E-state index contributed by atoms with van der Waals surface area (Å²) in [4.78, 5) is 6.75. The van der Waals surface area contributed by atoms with Crippen molar-refractivity contribution in [2.45, 2.75) is 13.5 Å². The molecule has 1 aromatic heterocycles. The molecule has 0 atom stereocenters. The van der Waals surface area contributed by atoms with Crippen molar-refractivity contribution in [1.82, 2.24) is 19.7 Å². The minimum Gasteiger partial charge on any atom is -0.336 e. The van der Waals surface area contributed by atoms with Crippen molar-refractivity contribution in [2.24, 2.45) is 4.99 Å². The van der Waals surface area contributed by atoms with Crippen molar-refractivity contribution in [3.63, 3.8) is 0 Å². The van der Waals surface area contributed by atoms with E-state index < -0.39 is 0 Å². The van der Waals surface area contributed by atoms with Gasteiger partial charge in [0.1, 0.15) is 12.7 Å². The minimum absolute atomic E-state index is 0.883. The van der Waals surface area contributed by atoms with E-state index in [0.717, 1.165) is 31.3 Å². The normalized spacial score (nSPS) is 16.7. The van der Waals surface area contributed by atoms with Crippen LogP contribution < -0.4 is 5.32 Å². The van der Waals surface area contributed by atoms with Crippen molar-refractivity contribution in [1.29, 1.82) is 0 Å². The lowest BCUT2D eigenvalue weighted by Crippen LogP contribution is -2.37. The molecule has 0 saturated heterocycles. The van der Waals surface area contributed by atoms with Crippen molar-refractivity contribution >= 4 is 11.6 Å². The van der Waals surface area contributed by atoms with Crippen LogP contribution in [0.4, 0.5) is 5.69 Å². The molecule has 0 unspecified atom stereocenters. The molecule has 0 amide bonds. The van der Waals surface area contributed by atoms with Gasteiger partial charge >= 0.3 is 0 Å². The van der Waals surface area contributed by atoms with Crippen LogP contribution in [-0.4, -0.2) is 38.7 Å². The lowest BCUT2D eigenvalue weighted by molar-refractivity contribution is 0.445. The molecule has 4 rings (SSSR count). The highest BCUT2D eigenvalue weighted by Gasteiger charge is 2.25. The van der Waals surface area contributed by atoms with Gasteiger partial charge < -0.3 is 10.2 Å². The van der Waals surface area contributed by atoms with Gasteiger partial charge in [-0.05, 0) is 30.2 Å². The monoisotopic (exact) mass is 254 g/mol. The number of benzene rings is 1. The first kappa shape index (κ1) is 10.5. The second-order valence-electron chi connectivity index (χ2n) is 4.92. The van der Waals surface area contributed by atoms with Gasteiger partial charge in [0.05, 0.1) is 6.54 Å². The highest BCUT2D eigenvalue weighted by atomic mass is 15.4. The van der Waals surface area contributed by atoms with Crippen LogP contribution in [0.3, 0.4) is 0 Å². The number of anilines is 1. The summed E-state index contributed by atoms with van der Waals surface area (Å²) in [6.07, 6.45) is 3.44. The SMILES string of the molecule is Cc1cc(-n2cnnc2)cc2c1NC1=NCCN1C2. The average Bonchev–Trinajstić information content (AvgIpc) is 3.07. The summed E-state index contributed by atoms with van der Waals surface area (Å²) in [6, 6.07) is 4.33. The van der Waals surface area contributed by atoms with Crippen molar-refractivity contribution in [2.75, 3.05) is 18.4 Å². The summed E-state index contributed by atoms with van der Waals surface area (Å²) in [5, 5.41) is 11.2. The molecule has 0 fully saturated rings. The van der Waals surface area contributed by atoms with Gasteiger partial charge in [-0.1, -0.05) is 0 Å². The van der Waals surface area contributed by atoms with Crippen LogP contribution in [0, 0.1) is 6.92 Å². The number of nitrogens with one attached hydrogen (secondary N) is 1. The van der Waals surface area contributed by atoms with E-state index in [1.807, 2.05) is 4.57 Å². The Hall–Kier alpha value is -2.37. The minimum atomic E-state index is 0.883. The Balaban J connectivity index is 1.81. The molecule has 0 saturated carbocycles.